The van der Waals surface area contributed by atoms with Gasteiger partial charge in [-0.25, -0.2) is 4.79 Å². The highest BCUT2D eigenvalue weighted by Crippen LogP contribution is 2.25. The van der Waals surface area contributed by atoms with Crippen molar-refractivity contribution in [3.8, 4) is 11.1 Å². The summed E-state index contributed by atoms with van der Waals surface area (Å²) in [6.45, 7) is 4.44. The second-order valence-electron chi connectivity index (χ2n) is 6.07. The molecule has 2 aromatic rings. The molecule has 0 saturated heterocycles. The Hall–Kier alpha value is -2.00. The minimum atomic E-state index is -0.269. The first-order valence-electron chi connectivity index (χ1n) is 9.40. The molecule has 0 aliphatic heterocycles. The van der Waals surface area contributed by atoms with Gasteiger partial charge in [-0.2, -0.15) is 0 Å². The van der Waals surface area contributed by atoms with Gasteiger partial charge in [0.15, 0.2) is 0 Å². The van der Waals surface area contributed by atoms with Crippen LogP contribution in [0.4, 0.5) is 0 Å². The summed E-state index contributed by atoms with van der Waals surface area (Å²) in [4.78, 5) is 13.0. The Kier molecular flexibility index (Phi) is 9.05. The molecule has 0 bridgehead atoms. The van der Waals surface area contributed by atoms with Crippen LogP contribution in [0.3, 0.4) is 0 Å². The first-order chi connectivity index (χ1) is 12.7. The molecule has 0 aliphatic rings. The van der Waals surface area contributed by atoms with E-state index in [1.54, 1.807) is 0 Å². The third-order valence-corrected chi connectivity index (χ3v) is 5.07. The van der Waals surface area contributed by atoms with Gasteiger partial charge in [0.05, 0.1) is 12.2 Å². The number of ether oxygens (including phenoxy) is 1. The fraction of sp³-hybridized carbons (Fsp3) is 0.348. The summed E-state index contributed by atoms with van der Waals surface area (Å²) < 4.78 is 5.02. The van der Waals surface area contributed by atoms with Gasteiger partial charge in [0.1, 0.15) is 0 Å². The number of rotatable bonds is 10. The number of allylic oxidation sites excluding steroid dienone is 2. The highest BCUT2D eigenvalue weighted by molar-refractivity contribution is 7.99. The quantitative estimate of drug-likeness (QED) is 0.201. The van der Waals surface area contributed by atoms with Crippen molar-refractivity contribution in [2.75, 3.05) is 12.4 Å². The highest BCUT2D eigenvalue weighted by atomic mass is 32.2. The summed E-state index contributed by atoms with van der Waals surface area (Å²) >= 11 is 1.89. The zero-order valence-corrected chi connectivity index (χ0v) is 16.6. The Bertz CT molecular complexity index is 687. The molecule has 0 saturated carbocycles. The summed E-state index contributed by atoms with van der Waals surface area (Å²) in [6.07, 6.45) is 9.45. The maximum atomic E-state index is 11.7. The van der Waals surface area contributed by atoms with Crippen LogP contribution in [0.25, 0.3) is 11.1 Å². The summed E-state index contributed by atoms with van der Waals surface area (Å²) in [6, 6.07) is 16.2. The van der Waals surface area contributed by atoms with Crippen molar-refractivity contribution in [2.24, 2.45) is 0 Å². The molecule has 2 rings (SSSR count). The average molecular weight is 369 g/mol. The van der Waals surface area contributed by atoms with E-state index in [0.717, 1.165) is 23.3 Å². The number of hydrogen-bond donors (Lipinski definition) is 0. The van der Waals surface area contributed by atoms with Crippen LogP contribution in [0, 0.1) is 0 Å². The molecule has 0 spiro atoms. The average Bonchev–Trinajstić information content (AvgIpc) is 2.68. The zero-order valence-electron chi connectivity index (χ0n) is 15.7. The Morgan fingerprint density at radius 1 is 0.923 bits per heavy atom. The van der Waals surface area contributed by atoms with E-state index in [4.69, 9.17) is 4.74 Å². The van der Waals surface area contributed by atoms with Crippen LogP contribution in [-0.2, 0) is 4.74 Å². The maximum Gasteiger partial charge on any atom is 0.338 e. The van der Waals surface area contributed by atoms with Crippen LogP contribution in [0.5, 0.6) is 0 Å². The SMILES string of the molecule is CCCCC=CCCSc1ccc(-c2ccc(C(=O)OCC)cc2)cc1. The second kappa shape index (κ2) is 11.6. The fourth-order valence-corrected chi connectivity index (χ4v) is 3.38. The molecule has 2 nitrogen and oxygen atoms in total. The lowest BCUT2D eigenvalue weighted by Crippen LogP contribution is -2.03. The molecule has 3 heteroatoms. The van der Waals surface area contributed by atoms with E-state index in [9.17, 15) is 4.79 Å². The number of esters is 1. The monoisotopic (exact) mass is 368 g/mol. The van der Waals surface area contributed by atoms with Crippen LogP contribution in [-0.4, -0.2) is 18.3 Å². The Morgan fingerprint density at radius 2 is 1.54 bits per heavy atom. The van der Waals surface area contributed by atoms with Crippen molar-refractivity contribution in [2.45, 2.75) is 44.4 Å². The molecule has 138 valence electrons. The molecule has 0 unspecified atom stereocenters. The topological polar surface area (TPSA) is 26.3 Å². The van der Waals surface area contributed by atoms with Crippen LogP contribution >= 0.6 is 11.8 Å². The van der Waals surface area contributed by atoms with Crippen LogP contribution in [0.2, 0.25) is 0 Å². The smallest absolute Gasteiger partial charge is 0.338 e. The molecule has 0 atom stereocenters. The van der Waals surface area contributed by atoms with Crippen molar-refractivity contribution < 1.29 is 9.53 Å². The molecule has 0 N–H and O–H groups in total. The number of carbonyl (C=O) groups excluding carboxylic acids is 1. The van der Waals surface area contributed by atoms with Gasteiger partial charge in [0.2, 0.25) is 0 Å². The van der Waals surface area contributed by atoms with Gasteiger partial charge in [-0.15, -0.1) is 11.8 Å². The second-order valence-corrected chi connectivity index (χ2v) is 7.24. The molecule has 0 heterocycles. The van der Waals surface area contributed by atoms with Crippen LogP contribution in [0.1, 0.15) is 49.9 Å². The van der Waals surface area contributed by atoms with Gasteiger partial charge < -0.3 is 4.74 Å². The number of carbonyl (C=O) groups is 1. The molecule has 0 amide bonds. The van der Waals surface area contributed by atoms with Crippen LogP contribution in [0.15, 0.2) is 65.6 Å². The molecular formula is C23H28O2S. The van der Waals surface area contributed by atoms with E-state index in [1.165, 1.54) is 24.2 Å². The summed E-state index contributed by atoms with van der Waals surface area (Å²) in [7, 11) is 0. The molecule has 0 fully saturated rings. The lowest BCUT2D eigenvalue weighted by Gasteiger charge is -2.06. The van der Waals surface area contributed by atoms with Gasteiger partial charge >= 0.3 is 5.97 Å². The van der Waals surface area contributed by atoms with E-state index in [-0.39, 0.29) is 5.97 Å². The third kappa shape index (κ3) is 6.72. The van der Waals surface area contributed by atoms with Crippen LogP contribution < -0.4 is 0 Å². The Morgan fingerprint density at radius 3 is 2.15 bits per heavy atom. The van der Waals surface area contributed by atoms with E-state index < -0.39 is 0 Å². The first kappa shape index (κ1) is 20.3. The van der Waals surface area contributed by atoms with E-state index >= 15 is 0 Å². The molecule has 0 radical (unpaired) electrons. The van der Waals surface area contributed by atoms with Gasteiger partial charge in [0, 0.05) is 10.6 Å². The lowest BCUT2D eigenvalue weighted by molar-refractivity contribution is 0.0526. The molecule has 2 aromatic carbocycles. The van der Waals surface area contributed by atoms with Crippen molar-refractivity contribution in [3.63, 3.8) is 0 Å². The van der Waals surface area contributed by atoms with Gasteiger partial charge in [-0.3, -0.25) is 0 Å². The van der Waals surface area contributed by atoms with E-state index in [1.807, 2.05) is 43.0 Å². The predicted molar refractivity (Wildman–Crippen MR) is 112 cm³/mol. The minimum absolute atomic E-state index is 0.269. The molecule has 0 aromatic heterocycles. The van der Waals surface area contributed by atoms with E-state index in [2.05, 4.69) is 43.3 Å². The van der Waals surface area contributed by atoms with Crippen molar-refractivity contribution in [1.82, 2.24) is 0 Å². The predicted octanol–water partition coefficient (Wildman–Crippen LogP) is 6.76. The fourth-order valence-electron chi connectivity index (χ4n) is 2.56. The van der Waals surface area contributed by atoms with Gasteiger partial charge in [0.25, 0.3) is 0 Å². The van der Waals surface area contributed by atoms with Gasteiger partial charge in [-0.1, -0.05) is 56.2 Å². The molecule has 26 heavy (non-hydrogen) atoms. The summed E-state index contributed by atoms with van der Waals surface area (Å²) in [5.74, 6) is 0.838. The first-order valence-corrected chi connectivity index (χ1v) is 10.4. The third-order valence-electron chi connectivity index (χ3n) is 4.03. The summed E-state index contributed by atoms with van der Waals surface area (Å²) in [5, 5.41) is 0. The maximum absolute atomic E-state index is 11.7. The molecular weight excluding hydrogens is 340 g/mol. The zero-order chi connectivity index (χ0) is 18.6. The lowest BCUT2D eigenvalue weighted by atomic mass is 10.0. The standard InChI is InChI=1S/C23H28O2S/c1-3-5-6-7-8-9-18-26-22-16-14-20(15-17-22)19-10-12-21(13-11-19)23(24)25-4-2/h7-8,10-17H,3-6,9,18H2,1-2H3. The largest absolute Gasteiger partial charge is 0.462 e. The number of unbranched alkanes of at least 4 members (excludes halogenated alkanes) is 2. The number of hydrogen-bond acceptors (Lipinski definition) is 3. The molecule has 0 aliphatic carbocycles. The Labute approximate surface area is 161 Å². The van der Waals surface area contributed by atoms with Crippen molar-refractivity contribution in [3.05, 3.63) is 66.2 Å². The minimum Gasteiger partial charge on any atom is -0.462 e. The van der Waals surface area contributed by atoms with E-state index in [0.29, 0.717) is 12.2 Å². The summed E-state index contributed by atoms with van der Waals surface area (Å²) in [5.41, 5.74) is 2.85. The highest BCUT2D eigenvalue weighted by Gasteiger charge is 2.06. The normalized spacial score (nSPS) is 11.0. The van der Waals surface area contributed by atoms with Gasteiger partial charge in [-0.05, 0) is 55.2 Å². The van der Waals surface area contributed by atoms with Crippen molar-refractivity contribution in [1.29, 1.82) is 0 Å². The number of thioether (sulfide) groups is 1. The number of benzene rings is 2. The Balaban J connectivity index is 1.85. The van der Waals surface area contributed by atoms with Crippen molar-refractivity contribution >= 4 is 17.7 Å².